The zero-order valence-corrected chi connectivity index (χ0v) is 16.9. The molecule has 6 nitrogen and oxygen atoms in total. The number of aromatic nitrogens is 2. The van der Waals surface area contributed by atoms with Crippen LogP contribution >= 0.6 is 0 Å². The topological polar surface area (TPSA) is 61.5 Å². The van der Waals surface area contributed by atoms with E-state index in [1.54, 1.807) is 13.3 Å². The molecule has 1 amide bonds. The van der Waals surface area contributed by atoms with Crippen LogP contribution in [0.15, 0.2) is 42.6 Å². The summed E-state index contributed by atoms with van der Waals surface area (Å²) in [5.41, 5.74) is 2.98. The number of pyridine rings is 1. The average molecular weight is 396 g/mol. The van der Waals surface area contributed by atoms with Crippen LogP contribution in [0.3, 0.4) is 0 Å². The fourth-order valence-electron chi connectivity index (χ4n) is 3.93. The van der Waals surface area contributed by atoms with Gasteiger partial charge in [-0.15, -0.1) is 0 Å². The number of benzene rings is 1. The van der Waals surface area contributed by atoms with Gasteiger partial charge in [-0.2, -0.15) is 0 Å². The third-order valence-corrected chi connectivity index (χ3v) is 5.59. The van der Waals surface area contributed by atoms with Crippen LogP contribution < -0.4 is 4.74 Å². The quantitative estimate of drug-likeness (QED) is 0.734. The van der Waals surface area contributed by atoms with Crippen LogP contribution in [0.5, 0.6) is 5.75 Å². The lowest BCUT2D eigenvalue weighted by Crippen LogP contribution is -2.57. The number of carbonyl (C=O) groups excluding carboxylic acids is 1. The molecule has 1 aliphatic heterocycles. The van der Waals surface area contributed by atoms with Gasteiger partial charge in [0, 0.05) is 44.0 Å². The first kappa shape index (κ1) is 19.4. The third kappa shape index (κ3) is 3.82. The van der Waals surface area contributed by atoms with Crippen LogP contribution in [0.1, 0.15) is 29.9 Å². The Morgan fingerprint density at radius 2 is 1.97 bits per heavy atom. The average Bonchev–Trinajstić information content (AvgIpc) is 3.18. The Balaban J connectivity index is 1.53. The van der Waals surface area contributed by atoms with Gasteiger partial charge in [0.25, 0.3) is 5.91 Å². The highest BCUT2D eigenvalue weighted by atomic mass is 19.1. The summed E-state index contributed by atoms with van der Waals surface area (Å²) in [4.78, 5) is 25.1. The second-order valence-electron chi connectivity index (χ2n) is 7.66. The molecular weight excluding hydrogens is 371 g/mol. The summed E-state index contributed by atoms with van der Waals surface area (Å²) in [6.45, 7) is 6.21. The van der Waals surface area contributed by atoms with E-state index in [0.717, 1.165) is 29.7 Å². The molecule has 0 unspecified atom stereocenters. The minimum absolute atomic E-state index is 0.0209. The fraction of sp³-hybridized carbons (Fsp3) is 0.364. The van der Waals surface area contributed by atoms with Gasteiger partial charge in [-0.1, -0.05) is 12.1 Å². The predicted molar refractivity (Wildman–Crippen MR) is 109 cm³/mol. The monoisotopic (exact) mass is 396 g/mol. The molecule has 2 atom stereocenters. The van der Waals surface area contributed by atoms with Crippen LogP contribution in [-0.4, -0.2) is 58.0 Å². The van der Waals surface area contributed by atoms with E-state index < -0.39 is 0 Å². The summed E-state index contributed by atoms with van der Waals surface area (Å²) in [5.74, 6) is 0.121. The second-order valence-corrected chi connectivity index (χ2v) is 7.66. The number of piperazine rings is 1. The molecule has 1 N–H and O–H groups in total. The van der Waals surface area contributed by atoms with Gasteiger partial charge in [-0.3, -0.25) is 9.69 Å². The van der Waals surface area contributed by atoms with Crippen molar-refractivity contribution in [3.8, 4) is 5.75 Å². The van der Waals surface area contributed by atoms with Crippen LogP contribution in [-0.2, 0) is 6.54 Å². The molecule has 0 aliphatic carbocycles. The van der Waals surface area contributed by atoms with E-state index in [2.05, 4.69) is 21.8 Å². The van der Waals surface area contributed by atoms with E-state index in [1.165, 1.54) is 12.1 Å². The summed E-state index contributed by atoms with van der Waals surface area (Å²) < 4.78 is 18.6. The van der Waals surface area contributed by atoms with Crippen molar-refractivity contribution >= 4 is 16.9 Å². The molecule has 2 aromatic heterocycles. The second kappa shape index (κ2) is 7.83. The largest absolute Gasteiger partial charge is 0.494 e. The number of fused-ring (bicyclic) bond motifs is 1. The lowest BCUT2D eigenvalue weighted by atomic mass is 10.1. The lowest BCUT2D eigenvalue weighted by Gasteiger charge is -2.44. The Morgan fingerprint density at radius 1 is 1.21 bits per heavy atom. The van der Waals surface area contributed by atoms with Gasteiger partial charge in [0.05, 0.1) is 18.1 Å². The van der Waals surface area contributed by atoms with Crippen molar-refractivity contribution in [3.63, 3.8) is 0 Å². The fourth-order valence-corrected chi connectivity index (χ4v) is 3.93. The van der Waals surface area contributed by atoms with Crippen molar-refractivity contribution in [1.82, 2.24) is 19.8 Å². The molecule has 152 valence electrons. The van der Waals surface area contributed by atoms with Crippen molar-refractivity contribution in [2.75, 3.05) is 20.2 Å². The van der Waals surface area contributed by atoms with Crippen LogP contribution in [0, 0.1) is 5.82 Å². The maximum Gasteiger partial charge on any atom is 0.276 e. The van der Waals surface area contributed by atoms with Crippen molar-refractivity contribution in [2.45, 2.75) is 32.5 Å². The van der Waals surface area contributed by atoms with Gasteiger partial charge in [0.15, 0.2) is 11.4 Å². The van der Waals surface area contributed by atoms with E-state index >= 15 is 0 Å². The highest BCUT2D eigenvalue weighted by Gasteiger charge is 2.34. The van der Waals surface area contributed by atoms with E-state index in [0.29, 0.717) is 18.0 Å². The molecule has 3 aromatic rings. The molecule has 0 bridgehead atoms. The summed E-state index contributed by atoms with van der Waals surface area (Å²) in [5, 5.41) is 0. The maximum absolute atomic E-state index is 13.3. The molecule has 3 heterocycles. The van der Waals surface area contributed by atoms with Gasteiger partial charge < -0.3 is 14.6 Å². The number of hydrogen-bond acceptors (Lipinski definition) is 4. The summed E-state index contributed by atoms with van der Waals surface area (Å²) in [6, 6.07) is 10.4. The van der Waals surface area contributed by atoms with Crippen LogP contribution in [0.4, 0.5) is 4.39 Å². The van der Waals surface area contributed by atoms with Crippen molar-refractivity contribution in [2.24, 2.45) is 0 Å². The maximum atomic E-state index is 13.3. The predicted octanol–water partition coefficient (Wildman–Crippen LogP) is 3.45. The molecule has 4 rings (SSSR count). The summed E-state index contributed by atoms with van der Waals surface area (Å²) in [7, 11) is 1.55. The highest BCUT2D eigenvalue weighted by Crippen LogP contribution is 2.26. The standard InChI is InChI=1S/C22H25FN4O2/c1-14-12-27(15(2)11-26(14)13-16-4-6-17(23)7-5-16)22(28)21-20(29-3)10-19-18(25-21)8-9-24-19/h4-10,14-15,24H,11-13H2,1-3H3/t14-,15+/m0/s1. The number of ether oxygens (including phenoxy) is 1. The molecule has 1 fully saturated rings. The van der Waals surface area contributed by atoms with Gasteiger partial charge in [0.2, 0.25) is 0 Å². The zero-order chi connectivity index (χ0) is 20.5. The Bertz CT molecular complexity index is 1020. The number of amides is 1. The highest BCUT2D eigenvalue weighted by molar-refractivity contribution is 5.97. The number of methoxy groups -OCH3 is 1. The number of rotatable bonds is 4. The minimum Gasteiger partial charge on any atom is -0.494 e. The minimum atomic E-state index is -0.230. The first-order valence-electron chi connectivity index (χ1n) is 9.78. The number of aromatic amines is 1. The molecular formula is C22H25FN4O2. The van der Waals surface area contributed by atoms with Gasteiger partial charge in [0.1, 0.15) is 5.82 Å². The van der Waals surface area contributed by atoms with Crippen LogP contribution in [0.25, 0.3) is 11.0 Å². The molecule has 0 spiro atoms. The molecule has 0 radical (unpaired) electrons. The third-order valence-electron chi connectivity index (χ3n) is 5.59. The van der Waals surface area contributed by atoms with Crippen molar-refractivity contribution in [3.05, 3.63) is 59.7 Å². The first-order valence-corrected chi connectivity index (χ1v) is 9.78. The molecule has 0 saturated carbocycles. The van der Waals surface area contributed by atoms with Crippen molar-refractivity contribution in [1.29, 1.82) is 0 Å². The van der Waals surface area contributed by atoms with Gasteiger partial charge in [-0.25, -0.2) is 9.37 Å². The Hall–Kier alpha value is -2.93. The Labute approximate surface area is 169 Å². The normalized spacial score (nSPS) is 20.2. The molecule has 1 aromatic carbocycles. The number of nitrogens with zero attached hydrogens (tertiary/aromatic N) is 3. The molecule has 1 saturated heterocycles. The van der Waals surface area contributed by atoms with E-state index in [1.807, 2.05) is 36.1 Å². The van der Waals surface area contributed by atoms with E-state index in [-0.39, 0.29) is 23.8 Å². The zero-order valence-electron chi connectivity index (χ0n) is 16.9. The Kier molecular flexibility index (Phi) is 5.24. The number of H-pyrrole nitrogens is 1. The van der Waals surface area contributed by atoms with Crippen molar-refractivity contribution < 1.29 is 13.9 Å². The number of hydrogen-bond donors (Lipinski definition) is 1. The number of halogens is 1. The van der Waals surface area contributed by atoms with Gasteiger partial charge in [-0.05, 0) is 37.6 Å². The molecule has 29 heavy (non-hydrogen) atoms. The number of nitrogens with one attached hydrogen (secondary N) is 1. The number of carbonyl (C=O) groups is 1. The smallest absolute Gasteiger partial charge is 0.276 e. The van der Waals surface area contributed by atoms with Crippen LogP contribution in [0.2, 0.25) is 0 Å². The molecule has 7 heteroatoms. The van der Waals surface area contributed by atoms with Gasteiger partial charge >= 0.3 is 0 Å². The van der Waals surface area contributed by atoms with E-state index in [4.69, 9.17) is 4.74 Å². The lowest BCUT2D eigenvalue weighted by molar-refractivity contribution is 0.0284. The van der Waals surface area contributed by atoms with E-state index in [9.17, 15) is 9.18 Å². The summed E-state index contributed by atoms with van der Waals surface area (Å²) >= 11 is 0. The summed E-state index contributed by atoms with van der Waals surface area (Å²) in [6.07, 6.45) is 1.80. The first-order chi connectivity index (χ1) is 14.0. The molecule has 1 aliphatic rings. The Morgan fingerprint density at radius 3 is 2.69 bits per heavy atom. The SMILES string of the molecule is COc1cc2[nH]ccc2nc1C(=O)N1C[C@H](C)N(Cc2ccc(F)cc2)C[C@H]1C.